The van der Waals surface area contributed by atoms with Crippen molar-refractivity contribution in [2.45, 2.75) is 6.42 Å². The molecule has 0 aliphatic carbocycles. The summed E-state index contributed by atoms with van der Waals surface area (Å²) in [6, 6.07) is 10.1. The Morgan fingerprint density at radius 3 is 2.62 bits per heavy atom. The maximum absolute atomic E-state index is 13.2. The molecule has 3 rings (SSSR count). The van der Waals surface area contributed by atoms with E-state index in [1.165, 1.54) is 18.2 Å². The molecule has 2 N–H and O–H groups in total. The molecule has 126 valence electrons. The quantitative estimate of drug-likeness (QED) is 0.673. The molecule has 1 fully saturated rings. The zero-order valence-electron chi connectivity index (χ0n) is 13.5. The van der Waals surface area contributed by atoms with Crippen molar-refractivity contribution in [2.75, 3.05) is 43.4 Å². The topological polar surface area (TPSA) is 62.5 Å². The zero-order chi connectivity index (χ0) is 16.9. The predicted octanol–water partition coefficient (Wildman–Crippen LogP) is 2.20. The second-order valence-corrected chi connectivity index (χ2v) is 5.93. The minimum atomic E-state index is -0.489. The highest BCUT2D eigenvalue weighted by Crippen LogP contribution is 2.15. The second-order valence-electron chi connectivity index (χ2n) is 5.93. The molecule has 1 aliphatic rings. The number of carbonyl (C=O) groups is 1. The monoisotopic (exact) mass is 328 g/mol. The predicted molar refractivity (Wildman–Crippen MR) is 92.6 cm³/mol. The van der Waals surface area contributed by atoms with Gasteiger partial charge in [0.25, 0.3) is 0 Å². The van der Waals surface area contributed by atoms with Crippen LogP contribution >= 0.6 is 0 Å². The summed E-state index contributed by atoms with van der Waals surface area (Å²) in [4.78, 5) is 21.1. The van der Waals surface area contributed by atoms with Gasteiger partial charge in [-0.15, -0.1) is 0 Å². The zero-order valence-corrected chi connectivity index (χ0v) is 13.5. The molecule has 5 nitrogen and oxygen atoms in total. The van der Waals surface area contributed by atoms with Crippen LogP contribution in [-0.4, -0.2) is 48.4 Å². The van der Waals surface area contributed by atoms with Crippen LogP contribution in [0.15, 0.2) is 42.6 Å². The van der Waals surface area contributed by atoms with Crippen molar-refractivity contribution in [3.05, 3.63) is 54.0 Å². The lowest BCUT2D eigenvalue weighted by Crippen LogP contribution is -2.47. The van der Waals surface area contributed by atoms with Gasteiger partial charge in [-0.1, -0.05) is 6.07 Å². The van der Waals surface area contributed by atoms with Gasteiger partial charge in [0.2, 0.25) is 0 Å². The molecule has 0 spiro atoms. The van der Waals surface area contributed by atoms with E-state index >= 15 is 0 Å². The Bertz CT molecular complexity index is 699. The van der Waals surface area contributed by atoms with Crippen LogP contribution in [0.5, 0.6) is 0 Å². The van der Waals surface area contributed by atoms with Gasteiger partial charge in [-0.3, -0.25) is 9.69 Å². The van der Waals surface area contributed by atoms with E-state index in [4.69, 9.17) is 5.73 Å². The highest BCUT2D eigenvalue weighted by Gasteiger charge is 2.18. The van der Waals surface area contributed by atoms with E-state index in [0.29, 0.717) is 18.5 Å². The molecule has 1 saturated heterocycles. The number of piperazine rings is 1. The summed E-state index contributed by atoms with van der Waals surface area (Å²) in [5, 5.41) is 0. The number of aromatic nitrogens is 1. The van der Waals surface area contributed by atoms with Gasteiger partial charge in [-0.2, -0.15) is 0 Å². The molecule has 0 saturated carbocycles. The summed E-state index contributed by atoms with van der Waals surface area (Å²) in [6.45, 7) is 4.29. The number of carbonyl (C=O) groups excluding carboxylic acids is 1. The third-order valence-corrected chi connectivity index (χ3v) is 4.32. The van der Waals surface area contributed by atoms with Gasteiger partial charge in [-0.25, -0.2) is 9.37 Å². The summed E-state index contributed by atoms with van der Waals surface area (Å²) >= 11 is 0. The maximum atomic E-state index is 13.2. The second kappa shape index (κ2) is 7.40. The normalized spacial score (nSPS) is 15.5. The van der Waals surface area contributed by atoms with E-state index in [1.54, 1.807) is 6.20 Å². The van der Waals surface area contributed by atoms with Crippen LogP contribution < -0.4 is 10.6 Å². The largest absolute Gasteiger partial charge is 0.396 e. The number of hydrogen-bond donors (Lipinski definition) is 1. The van der Waals surface area contributed by atoms with Gasteiger partial charge >= 0.3 is 0 Å². The molecule has 1 aromatic heterocycles. The Balaban J connectivity index is 1.48. The van der Waals surface area contributed by atoms with E-state index in [2.05, 4.69) is 14.8 Å². The molecule has 0 radical (unpaired) electrons. The van der Waals surface area contributed by atoms with Crippen molar-refractivity contribution in [1.29, 1.82) is 0 Å². The maximum Gasteiger partial charge on any atom is 0.164 e. The van der Waals surface area contributed by atoms with Gasteiger partial charge in [-0.05, 0) is 30.3 Å². The number of nitrogens with two attached hydrogens (primary N) is 1. The van der Waals surface area contributed by atoms with Gasteiger partial charge < -0.3 is 10.6 Å². The number of pyridine rings is 1. The van der Waals surface area contributed by atoms with Crippen LogP contribution in [0.4, 0.5) is 15.9 Å². The van der Waals surface area contributed by atoms with Crippen molar-refractivity contribution in [3.63, 3.8) is 0 Å². The number of anilines is 2. The number of Topliss-reactive ketones (excluding diaryl/α,β-unsaturated/α-hetero) is 1. The third-order valence-electron chi connectivity index (χ3n) is 4.32. The highest BCUT2D eigenvalue weighted by atomic mass is 19.1. The van der Waals surface area contributed by atoms with Crippen LogP contribution in [0, 0.1) is 5.82 Å². The molecule has 2 aromatic rings. The lowest BCUT2D eigenvalue weighted by atomic mass is 10.1. The van der Waals surface area contributed by atoms with Gasteiger partial charge in [0.15, 0.2) is 5.78 Å². The molecule has 24 heavy (non-hydrogen) atoms. The average Bonchev–Trinajstić information content (AvgIpc) is 2.63. The Hall–Kier alpha value is -2.47. The fourth-order valence-corrected chi connectivity index (χ4v) is 2.86. The first-order chi connectivity index (χ1) is 11.6. The SMILES string of the molecule is Nc1cc(C(=O)CCN2CCN(c3ccccn3)CC2)ccc1F. The summed E-state index contributed by atoms with van der Waals surface area (Å²) in [5.74, 6) is 0.501. The number of hydrogen-bond acceptors (Lipinski definition) is 5. The Morgan fingerprint density at radius 2 is 1.96 bits per heavy atom. The lowest BCUT2D eigenvalue weighted by Gasteiger charge is -2.35. The van der Waals surface area contributed by atoms with E-state index < -0.39 is 5.82 Å². The average molecular weight is 328 g/mol. The minimum Gasteiger partial charge on any atom is -0.396 e. The number of benzene rings is 1. The smallest absolute Gasteiger partial charge is 0.164 e. The number of nitrogens with zero attached hydrogens (tertiary/aromatic N) is 3. The molecule has 6 heteroatoms. The number of ketones is 1. The molecule has 0 unspecified atom stereocenters. The summed E-state index contributed by atoms with van der Waals surface area (Å²) in [5.41, 5.74) is 6.01. The summed E-state index contributed by atoms with van der Waals surface area (Å²) < 4.78 is 13.2. The van der Waals surface area contributed by atoms with Crippen LogP contribution in [0.2, 0.25) is 0 Å². The third kappa shape index (κ3) is 3.89. The van der Waals surface area contributed by atoms with Gasteiger partial charge in [0.1, 0.15) is 11.6 Å². The van der Waals surface area contributed by atoms with Gasteiger partial charge in [0, 0.05) is 50.9 Å². The van der Waals surface area contributed by atoms with Crippen LogP contribution in [0.1, 0.15) is 16.8 Å². The molecule has 2 heterocycles. The number of rotatable bonds is 5. The lowest BCUT2D eigenvalue weighted by molar-refractivity contribution is 0.0962. The molecular formula is C18H21FN4O. The van der Waals surface area contributed by atoms with Crippen LogP contribution in [0.3, 0.4) is 0 Å². The van der Waals surface area contributed by atoms with E-state index in [0.717, 1.165) is 32.0 Å². The summed E-state index contributed by atoms with van der Waals surface area (Å²) in [7, 11) is 0. The Labute approximate surface area is 140 Å². The van der Waals surface area contributed by atoms with Crippen molar-refractivity contribution in [2.24, 2.45) is 0 Å². The first-order valence-electron chi connectivity index (χ1n) is 8.10. The van der Waals surface area contributed by atoms with E-state index in [9.17, 15) is 9.18 Å². The minimum absolute atomic E-state index is 0.00569. The van der Waals surface area contributed by atoms with E-state index in [1.807, 2.05) is 18.2 Å². The fraction of sp³-hybridized carbons (Fsp3) is 0.333. The molecule has 0 atom stereocenters. The van der Waals surface area contributed by atoms with Crippen LogP contribution in [-0.2, 0) is 0 Å². The standard InChI is InChI=1S/C18H21FN4O/c19-15-5-4-14(13-16(15)20)17(24)6-8-22-9-11-23(12-10-22)18-3-1-2-7-21-18/h1-5,7,13H,6,8-12,20H2. The highest BCUT2D eigenvalue weighted by molar-refractivity contribution is 5.96. The van der Waals surface area contributed by atoms with Crippen LogP contribution in [0.25, 0.3) is 0 Å². The Morgan fingerprint density at radius 1 is 1.17 bits per heavy atom. The number of halogens is 1. The number of nitrogen functional groups attached to an aromatic ring is 1. The molecule has 1 aliphatic heterocycles. The first kappa shape index (κ1) is 16.4. The fourth-order valence-electron chi connectivity index (χ4n) is 2.86. The van der Waals surface area contributed by atoms with Gasteiger partial charge in [0.05, 0.1) is 5.69 Å². The van der Waals surface area contributed by atoms with Crippen molar-refractivity contribution in [1.82, 2.24) is 9.88 Å². The Kier molecular flexibility index (Phi) is 5.05. The van der Waals surface area contributed by atoms with Crippen molar-refractivity contribution in [3.8, 4) is 0 Å². The first-order valence-corrected chi connectivity index (χ1v) is 8.10. The molecular weight excluding hydrogens is 307 g/mol. The molecule has 0 amide bonds. The molecule has 0 bridgehead atoms. The van der Waals surface area contributed by atoms with E-state index in [-0.39, 0.29) is 11.5 Å². The molecule has 1 aromatic carbocycles. The summed E-state index contributed by atoms with van der Waals surface area (Å²) in [6.07, 6.45) is 2.21. The van der Waals surface area contributed by atoms with Crippen molar-refractivity contribution < 1.29 is 9.18 Å². The van der Waals surface area contributed by atoms with Crippen molar-refractivity contribution >= 4 is 17.3 Å².